The van der Waals surface area contributed by atoms with E-state index in [0.717, 1.165) is 28.4 Å². The van der Waals surface area contributed by atoms with Gasteiger partial charge >= 0.3 is 0 Å². The first-order valence-corrected chi connectivity index (χ1v) is 10.8. The van der Waals surface area contributed by atoms with Crippen LogP contribution in [0.15, 0.2) is 88.5 Å². The Hall–Kier alpha value is -4.11. The number of hydrogen-bond acceptors (Lipinski definition) is 7. The molecule has 0 aliphatic heterocycles. The van der Waals surface area contributed by atoms with Crippen molar-refractivity contribution in [2.75, 3.05) is 11.1 Å². The molecule has 5 rings (SSSR count). The molecule has 2 N–H and O–H groups in total. The van der Waals surface area contributed by atoms with Crippen molar-refractivity contribution >= 4 is 34.3 Å². The van der Waals surface area contributed by atoms with Crippen LogP contribution in [0, 0.1) is 0 Å². The van der Waals surface area contributed by atoms with Crippen LogP contribution >= 0.6 is 11.8 Å². The van der Waals surface area contributed by atoms with E-state index in [1.807, 2.05) is 54.6 Å². The average Bonchev–Trinajstić information content (AvgIpc) is 3.46. The molecule has 0 radical (unpaired) electrons. The van der Waals surface area contributed by atoms with E-state index in [9.17, 15) is 4.79 Å². The highest BCUT2D eigenvalue weighted by molar-refractivity contribution is 7.99. The van der Waals surface area contributed by atoms with Gasteiger partial charge < -0.3 is 14.5 Å². The molecule has 0 saturated heterocycles. The fourth-order valence-corrected chi connectivity index (χ4v) is 3.61. The van der Waals surface area contributed by atoms with Gasteiger partial charge in [-0.3, -0.25) is 9.89 Å². The largest absolute Gasteiger partial charge is 0.457 e. The van der Waals surface area contributed by atoms with Crippen molar-refractivity contribution in [2.45, 2.75) is 5.22 Å². The lowest BCUT2D eigenvalue weighted by atomic mass is 10.2. The monoisotopic (exact) mass is 443 g/mol. The SMILES string of the molecule is O=C(CSc1nnc(-c2n[nH]c3ccccc23)o1)Nc1ccc(Oc2ccccc2)cc1. The lowest BCUT2D eigenvalue weighted by molar-refractivity contribution is -0.113. The predicted molar refractivity (Wildman–Crippen MR) is 122 cm³/mol. The summed E-state index contributed by atoms with van der Waals surface area (Å²) in [6.45, 7) is 0. The number of rotatable bonds is 7. The maximum absolute atomic E-state index is 12.3. The lowest BCUT2D eigenvalue weighted by Crippen LogP contribution is -2.13. The predicted octanol–water partition coefficient (Wildman–Crippen LogP) is 5.14. The molecule has 0 fully saturated rings. The fraction of sp³-hybridized carbons (Fsp3) is 0.0435. The number of ether oxygens (including phenoxy) is 1. The summed E-state index contributed by atoms with van der Waals surface area (Å²) >= 11 is 1.16. The number of para-hydroxylation sites is 2. The van der Waals surface area contributed by atoms with Crippen molar-refractivity contribution in [2.24, 2.45) is 0 Å². The number of aromatic amines is 1. The molecule has 32 heavy (non-hydrogen) atoms. The van der Waals surface area contributed by atoms with Gasteiger partial charge in [0.25, 0.3) is 11.1 Å². The van der Waals surface area contributed by atoms with Crippen molar-refractivity contribution in [3.63, 3.8) is 0 Å². The zero-order valence-electron chi connectivity index (χ0n) is 16.7. The number of fused-ring (bicyclic) bond motifs is 1. The van der Waals surface area contributed by atoms with Gasteiger partial charge in [0.15, 0.2) is 5.69 Å². The Morgan fingerprint density at radius 3 is 2.53 bits per heavy atom. The van der Waals surface area contributed by atoms with Gasteiger partial charge in [0.1, 0.15) is 11.5 Å². The third-order valence-electron chi connectivity index (χ3n) is 4.52. The van der Waals surface area contributed by atoms with Crippen LogP contribution < -0.4 is 10.1 Å². The highest BCUT2D eigenvalue weighted by Crippen LogP contribution is 2.28. The second-order valence-electron chi connectivity index (χ2n) is 6.77. The van der Waals surface area contributed by atoms with Crippen molar-refractivity contribution in [1.29, 1.82) is 0 Å². The number of thioether (sulfide) groups is 1. The third-order valence-corrected chi connectivity index (χ3v) is 5.34. The van der Waals surface area contributed by atoms with Crippen LogP contribution in [0.3, 0.4) is 0 Å². The Morgan fingerprint density at radius 1 is 0.938 bits per heavy atom. The Kier molecular flexibility index (Phi) is 5.54. The standard InChI is InChI=1S/C23H17N5O3S/c29-20(24-15-10-12-17(13-11-15)30-16-6-2-1-3-7-16)14-32-23-28-27-22(31-23)21-18-8-4-5-9-19(18)25-26-21/h1-13H,14H2,(H,24,29)(H,25,26). The molecule has 3 aromatic carbocycles. The zero-order chi connectivity index (χ0) is 21.8. The van der Waals surface area contributed by atoms with Gasteiger partial charge in [0, 0.05) is 11.1 Å². The molecule has 0 aliphatic rings. The van der Waals surface area contributed by atoms with E-state index >= 15 is 0 Å². The van der Waals surface area contributed by atoms with Crippen LogP contribution in [0.2, 0.25) is 0 Å². The molecule has 0 aliphatic carbocycles. The van der Waals surface area contributed by atoms with Crippen molar-refractivity contribution in [1.82, 2.24) is 20.4 Å². The minimum absolute atomic E-state index is 0.130. The van der Waals surface area contributed by atoms with Gasteiger partial charge in [0.05, 0.1) is 11.3 Å². The molecule has 0 unspecified atom stereocenters. The van der Waals surface area contributed by atoms with E-state index in [4.69, 9.17) is 9.15 Å². The molecule has 9 heteroatoms. The molecule has 0 atom stereocenters. The van der Waals surface area contributed by atoms with Gasteiger partial charge in [0.2, 0.25) is 5.91 Å². The number of benzene rings is 3. The number of carbonyl (C=O) groups excluding carboxylic acids is 1. The summed E-state index contributed by atoms with van der Waals surface area (Å²) in [5.41, 5.74) is 2.14. The topological polar surface area (TPSA) is 106 Å². The van der Waals surface area contributed by atoms with E-state index in [-0.39, 0.29) is 11.7 Å². The van der Waals surface area contributed by atoms with E-state index in [1.165, 1.54) is 0 Å². The highest BCUT2D eigenvalue weighted by Gasteiger charge is 2.16. The van der Waals surface area contributed by atoms with Crippen molar-refractivity contribution < 1.29 is 13.9 Å². The van der Waals surface area contributed by atoms with E-state index in [2.05, 4.69) is 25.7 Å². The Labute approximate surface area is 187 Å². The van der Waals surface area contributed by atoms with E-state index < -0.39 is 0 Å². The Bertz CT molecular complexity index is 1350. The van der Waals surface area contributed by atoms with Crippen molar-refractivity contribution in [3.05, 3.63) is 78.9 Å². The first-order chi connectivity index (χ1) is 15.7. The molecular weight excluding hydrogens is 426 g/mol. The number of anilines is 1. The molecule has 2 heterocycles. The van der Waals surface area contributed by atoms with Crippen LogP contribution in [-0.2, 0) is 4.79 Å². The van der Waals surface area contributed by atoms with Crippen LogP contribution in [-0.4, -0.2) is 32.1 Å². The number of amides is 1. The van der Waals surface area contributed by atoms with Crippen LogP contribution in [0.4, 0.5) is 5.69 Å². The number of hydrogen-bond donors (Lipinski definition) is 2. The molecule has 8 nitrogen and oxygen atoms in total. The number of aromatic nitrogens is 4. The van der Waals surface area contributed by atoms with Gasteiger partial charge in [-0.2, -0.15) is 5.10 Å². The van der Waals surface area contributed by atoms with Crippen LogP contribution in [0.25, 0.3) is 22.5 Å². The summed E-state index contributed by atoms with van der Waals surface area (Å²) in [7, 11) is 0. The third kappa shape index (κ3) is 4.47. The smallest absolute Gasteiger partial charge is 0.277 e. The minimum Gasteiger partial charge on any atom is -0.457 e. The number of H-pyrrole nitrogens is 1. The molecule has 0 bridgehead atoms. The lowest BCUT2D eigenvalue weighted by Gasteiger charge is -2.07. The molecule has 0 spiro atoms. The fourth-order valence-electron chi connectivity index (χ4n) is 3.05. The minimum atomic E-state index is -0.184. The summed E-state index contributed by atoms with van der Waals surface area (Å²) in [4.78, 5) is 12.3. The summed E-state index contributed by atoms with van der Waals surface area (Å²) in [6.07, 6.45) is 0. The summed E-state index contributed by atoms with van der Waals surface area (Å²) < 4.78 is 11.4. The van der Waals surface area contributed by atoms with E-state index in [1.54, 1.807) is 24.3 Å². The number of nitrogens with zero attached hydrogens (tertiary/aromatic N) is 3. The Morgan fingerprint density at radius 2 is 1.69 bits per heavy atom. The zero-order valence-corrected chi connectivity index (χ0v) is 17.5. The van der Waals surface area contributed by atoms with Crippen molar-refractivity contribution in [3.8, 4) is 23.1 Å². The quantitative estimate of drug-likeness (QED) is 0.336. The first kappa shape index (κ1) is 19.8. The molecule has 0 saturated carbocycles. The first-order valence-electron chi connectivity index (χ1n) is 9.77. The maximum atomic E-state index is 12.3. The second-order valence-corrected chi connectivity index (χ2v) is 7.69. The van der Waals surface area contributed by atoms with Gasteiger partial charge in [-0.25, -0.2) is 0 Å². The summed E-state index contributed by atoms with van der Waals surface area (Å²) in [5.74, 6) is 1.69. The molecule has 158 valence electrons. The summed E-state index contributed by atoms with van der Waals surface area (Å²) in [5, 5.41) is 19.3. The van der Waals surface area contributed by atoms with E-state index in [0.29, 0.717) is 28.2 Å². The average molecular weight is 443 g/mol. The maximum Gasteiger partial charge on any atom is 0.277 e. The molecule has 1 amide bonds. The second kappa shape index (κ2) is 8.94. The summed E-state index contributed by atoms with van der Waals surface area (Å²) in [6, 6.07) is 24.4. The number of nitrogens with one attached hydrogen (secondary N) is 2. The normalized spacial score (nSPS) is 10.9. The van der Waals surface area contributed by atoms with Gasteiger partial charge in [-0.15, -0.1) is 10.2 Å². The van der Waals surface area contributed by atoms with Crippen LogP contribution in [0.1, 0.15) is 0 Å². The molecule has 5 aromatic rings. The molecular formula is C23H17N5O3S. The number of carbonyl (C=O) groups is 1. The Balaban J connectivity index is 1.16. The van der Waals surface area contributed by atoms with Crippen LogP contribution in [0.5, 0.6) is 11.5 Å². The van der Waals surface area contributed by atoms with Gasteiger partial charge in [-0.05, 0) is 42.5 Å². The van der Waals surface area contributed by atoms with Gasteiger partial charge in [-0.1, -0.05) is 48.2 Å². The highest BCUT2D eigenvalue weighted by atomic mass is 32.2. The molecule has 2 aromatic heterocycles.